The molecule has 0 N–H and O–H groups in total. The van der Waals surface area contributed by atoms with E-state index in [1.807, 2.05) is 11.8 Å². The Balaban J connectivity index is 1.65. The van der Waals surface area contributed by atoms with Gasteiger partial charge in [-0.15, -0.1) is 0 Å². The molecule has 21 heavy (non-hydrogen) atoms. The largest absolute Gasteiger partial charge is 0.338 e. The number of halogens is 1. The smallest absolute Gasteiger partial charge is 0.226 e. The predicted octanol–water partition coefficient (Wildman–Crippen LogP) is 3.08. The summed E-state index contributed by atoms with van der Waals surface area (Å²) in [6, 6.07) is 8.98. The van der Waals surface area contributed by atoms with Gasteiger partial charge in [0.25, 0.3) is 0 Å². The molecule has 2 fully saturated rings. The minimum absolute atomic E-state index is 0.0157. The van der Waals surface area contributed by atoms with Crippen LogP contribution in [-0.4, -0.2) is 23.4 Å². The summed E-state index contributed by atoms with van der Waals surface area (Å²) in [7, 11) is 0. The highest BCUT2D eigenvalue weighted by Crippen LogP contribution is 2.49. The molecule has 110 valence electrons. The van der Waals surface area contributed by atoms with E-state index in [0.717, 1.165) is 24.8 Å². The van der Waals surface area contributed by atoms with E-state index in [-0.39, 0.29) is 29.5 Å². The maximum absolute atomic E-state index is 12.9. The Morgan fingerprint density at radius 2 is 2.10 bits per heavy atom. The topological polar surface area (TPSA) is 44.1 Å². The summed E-state index contributed by atoms with van der Waals surface area (Å²) in [6.07, 6.45) is 2.95. The van der Waals surface area contributed by atoms with Crippen LogP contribution in [0.3, 0.4) is 0 Å². The molecule has 0 heterocycles. The molecule has 1 aromatic rings. The first-order chi connectivity index (χ1) is 10.1. The van der Waals surface area contributed by atoms with E-state index in [2.05, 4.69) is 6.07 Å². The third-order valence-electron chi connectivity index (χ3n) is 4.37. The first-order valence-electron chi connectivity index (χ1n) is 7.55. The third kappa shape index (κ3) is 3.07. The molecule has 3 nitrogen and oxygen atoms in total. The maximum atomic E-state index is 12.9. The molecule has 3 atom stereocenters. The van der Waals surface area contributed by atoms with Crippen LogP contribution in [0.4, 0.5) is 4.39 Å². The molecule has 4 heteroatoms. The van der Waals surface area contributed by atoms with Crippen LogP contribution in [0.5, 0.6) is 0 Å². The molecule has 0 bridgehead atoms. The van der Waals surface area contributed by atoms with Crippen LogP contribution in [0.2, 0.25) is 0 Å². The van der Waals surface area contributed by atoms with Gasteiger partial charge in [0.2, 0.25) is 5.91 Å². The number of carbonyl (C=O) groups is 1. The Morgan fingerprint density at radius 3 is 2.67 bits per heavy atom. The summed E-state index contributed by atoms with van der Waals surface area (Å²) in [5.41, 5.74) is 1.04. The lowest BCUT2D eigenvalue weighted by Crippen LogP contribution is -2.37. The van der Waals surface area contributed by atoms with Crippen LogP contribution in [0, 0.1) is 29.0 Å². The molecule has 1 aromatic carbocycles. The number of hydrogen-bond acceptors (Lipinski definition) is 2. The number of carbonyl (C=O) groups excluding carboxylic acids is 1. The second-order valence-corrected chi connectivity index (χ2v) is 6.25. The zero-order valence-electron chi connectivity index (χ0n) is 12.1. The molecule has 0 spiro atoms. The molecule has 0 radical (unpaired) electrons. The summed E-state index contributed by atoms with van der Waals surface area (Å²) in [5.74, 6) is 0.0370. The van der Waals surface area contributed by atoms with Crippen molar-refractivity contribution in [2.24, 2.45) is 11.8 Å². The van der Waals surface area contributed by atoms with Crippen LogP contribution in [0.25, 0.3) is 0 Å². The fraction of sp³-hybridized carbons (Fsp3) is 0.529. The lowest BCUT2D eigenvalue weighted by Gasteiger charge is -2.23. The first-order valence-corrected chi connectivity index (χ1v) is 7.55. The molecule has 2 saturated carbocycles. The van der Waals surface area contributed by atoms with Crippen molar-refractivity contribution in [3.8, 4) is 6.07 Å². The van der Waals surface area contributed by atoms with Crippen molar-refractivity contribution in [2.45, 2.75) is 38.1 Å². The van der Waals surface area contributed by atoms with Gasteiger partial charge < -0.3 is 4.90 Å². The van der Waals surface area contributed by atoms with E-state index in [4.69, 9.17) is 5.26 Å². The Labute approximate surface area is 124 Å². The molecule has 1 amide bonds. The van der Waals surface area contributed by atoms with Crippen molar-refractivity contribution in [2.75, 3.05) is 6.54 Å². The van der Waals surface area contributed by atoms with Crippen molar-refractivity contribution in [1.29, 1.82) is 5.26 Å². The average Bonchev–Trinajstić information content (AvgIpc) is 3.37. The van der Waals surface area contributed by atoms with Crippen molar-refractivity contribution >= 4 is 5.91 Å². The highest BCUT2D eigenvalue weighted by atomic mass is 19.1. The van der Waals surface area contributed by atoms with Gasteiger partial charge in [0.05, 0.1) is 12.0 Å². The van der Waals surface area contributed by atoms with Gasteiger partial charge in [-0.2, -0.15) is 5.26 Å². The Bertz CT molecular complexity index is 573. The monoisotopic (exact) mass is 286 g/mol. The lowest BCUT2D eigenvalue weighted by atomic mass is 10.1. The summed E-state index contributed by atoms with van der Waals surface area (Å²) >= 11 is 0. The average molecular weight is 286 g/mol. The highest BCUT2D eigenvalue weighted by Gasteiger charge is 2.48. The molecule has 3 unspecified atom stereocenters. The predicted molar refractivity (Wildman–Crippen MR) is 76.8 cm³/mol. The van der Waals surface area contributed by atoms with Crippen LogP contribution < -0.4 is 0 Å². The van der Waals surface area contributed by atoms with Gasteiger partial charge >= 0.3 is 0 Å². The van der Waals surface area contributed by atoms with Crippen molar-refractivity contribution in [3.63, 3.8) is 0 Å². The summed E-state index contributed by atoms with van der Waals surface area (Å²) in [5, 5.41) is 8.95. The van der Waals surface area contributed by atoms with E-state index in [1.54, 1.807) is 12.1 Å². The SMILES string of the molecule is CC(C#N)CN(C(=O)C1CC1c1ccc(F)cc1)C1CC1. The molecule has 3 rings (SSSR count). The summed E-state index contributed by atoms with van der Waals surface area (Å²) < 4.78 is 12.9. The second-order valence-electron chi connectivity index (χ2n) is 6.25. The zero-order valence-corrected chi connectivity index (χ0v) is 12.1. The number of benzene rings is 1. The Kier molecular flexibility index (Phi) is 3.67. The van der Waals surface area contributed by atoms with Crippen molar-refractivity contribution in [3.05, 3.63) is 35.6 Å². The van der Waals surface area contributed by atoms with Crippen molar-refractivity contribution in [1.82, 2.24) is 4.90 Å². The van der Waals surface area contributed by atoms with Gasteiger partial charge in [-0.3, -0.25) is 4.79 Å². The Morgan fingerprint density at radius 1 is 1.43 bits per heavy atom. The standard InChI is InChI=1S/C17H19FN2O/c1-11(9-19)10-20(14-6-7-14)17(21)16-8-15(16)12-2-4-13(18)5-3-12/h2-5,11,14-16H,6-8,10H2,1H3. The van der Waals surface area contributed by atoms with Gasteiger partial charge in [-0.25, -0.2) is 4.39 Å². The summed E-state index contributed by atoms with van der Waals surface area (Å²) in [4.78, 5) is 14.5. The quantitative estimate of drug-likeness (QED) is 0.835. The van der Waals surface area contributed by atoms with Gasteiger partial charge in [0, 0.05) is 18.5 Å². The maximum Gasteiger partial charge on any atom is 0.226 e. The second kappa shape index (κ2) is 5.48. The molecule has 2 aliphatic rings. The lowest BCUT2D eigenvalue weighted by molar-refractivity contribution is -0.133. The molecule has 0 aromatic heterocycles. The number of amides is 1. The summed E-state index contributed by atoms with van der Waals surface area (Å²) in [6.45, 7) is 2.39. The fourth-order valence-electron chi connectivity index (χ4n) is 2.90. The van der Waals surface area contributed by atoms with Crippen LogP contribution >= 0.6 is 0 Å². The van der Waals surface area contributed by atoms with Crippen LogP contribution in [-0.2, 0) is 4.79 Å². The van der Waals surface area contributed by atoms with E-state index in [9.17, 15) is 9.18 Å². The third-order valence-corrected chi connectivity index (χ3v) is 4.37. The molecule has 2 aliphatic carbocycles. The number of nitriles is 1. The molecular weight excluding hydrogens is 267 g/mol. The normalized spacial score (nSPS) is 25.0. The van der Waals surface area contributed by atoms with E-state index in [0.29, 0.717) is 12.6 Å². The van der Waals surface area contributed by atoms with E-state index < -0.39 is 0 Å². The van der Waals surface area contributed by atoms with Gasteiger partial charge in [-0.1, -0.05) is 12.1 Å². The molecule has 0 aliphatic heterocycles. The zero-order chi connectivity index (χ0) is 15.0. The van der Waals surface area contributed by atoms with Gasteiger partial charge in [-0.05, 0) is 49.8 Å². The number of rotatable bonds is 5. The van der Waals surface area contributed by atoms with Gasteiger partial charge in [0.15, 0.2) is 0 Å². The van der Waals surface area contributed by atoms with Crippen molar-refractivity contribution < 1.29 is 9.18 Å². The minimum Gasteiger partial charge on any atom is -0.338 e. The number of hydrogen-bond donors (Lipinski definition) is 0. The van der Waals surface area contributed by atoms with E-state index in [1.165, 1.54) is 12.1 Å². The van der Waals surface area contributed by atoms with E-state index >= 15 is 0 Å². The molecule has 0 saturated heterocycles. The Hall–Kier alpha value is -1.89. The van der Waals surface area contributed by atoms with Crippen LogP contribution in [0.15, 0.2) is 24.3 Å². The van der Waals surface area contributed by atoms with Crippen LogP contribution in [0.1, 0.15) is 37.7 Å². The first kappa shape index (κ1) is 14.1. The number of nitrogens with zero attached hydrogens (tertiary/aromatic N) is 2. The van der Waals surface area contributed by atoms with Gasteiger partial charge in [0.1, 0.15) is 5.82 Å². The highest BCUT2D eigenvalue weighted by molar-refractivity contribution is 5.83. The minimum atomic E-state index is -0.246. The fourth-order valence-corrected chi connectivity index (χ4v) is 2.90. The molecular formula is C17H19FN2O.